The van der Waals surface area contributed by atoms with Crippen molar-refractivity contribution in [2.24, 2.45) is 0 Å². The van der Waals surface area contributed by atoms with Gasteiger partial charge in [-0.2, -0.15) is 0 Å². The van der Waals surface area contributed by atoms with Gasteiger partial charge in [0, 0.05) is 0 Å². The highest BCUT2D eigenvalue weighted by molar-refractivity contribution is 5.92. The van der Waals surface area contributed by atoms with Crippen LogP contribution in [0.25, 0.3) is 0 Å². The predicted molar refractivity (Wildman–Crippen MR) is 41.8 cm³/mol. The molecule has 0 aliphatic carbocycles. The summed E-state index contributed by atoms with van der Waals surface area (Å²) >= 11 is 0. The normalized spacial score (nSPS) is 14.8. The predicted octanol–water partition coefficient (Wildman–Crippen LogP) is -0.376. The Hall–Kier alpha value is -1.63. The number of amides is 1. The van der Waals surface area contributed by atoms with Gasteiger partial charge >= 0.3 is 0 Å². The van der Waals surface area contributed by atoms with E-state index in [9.17, 15) is 4.79 Å². The third-order valence-electron chi connectivity index (χ3n) is 1.26. The third kappa shape index (κ3) is 2.54. The van der Waals surface area contributed by atoms with E-state index in [1.54, 1.807) is 0 Å². The molecule has 0 aromatic heterocycles. The van der Waals surface area contributed by atoms with Gasteiger partial charge < -0.3 is 14.8 Å². The van der Waals surface area contributed by atoms with Gasteiger partial charge in [0.15, 0.2) is 0 Å². The molecule has 12 heavy (non-hydrogen) atoms. The van der Waals surface area contributed by atoms with E-state index in [1.165, 1.54) is 6.26 Å². The monoisotopic (exact) mass is 167 g/mol. The molecular formula is C8H9NO3. The average molecular weight is 167 g/mol. The number of carbonyl (C=O) groups is 1. The Morgan fingerprint density at radius 1 is 1.75 bits per heavy atom. The average Bonchev–Trinajstić information content (AvgIpc) is 2.16. The maximum absolute atomic E-state index is 10.6. The van der Waals surface area contributed by atoms with Crippen LogP contribution >= 0.6 is 0 Å². The van der Waals surface area contributed by atoms with Gasteiger partial charge in [-0.15, -0.1) is 6.42 Å². The molecule has 1 rings (SSSR count). The zero-order chi connectivity index (χ0) is 8.81. The number of ether oxygens (including phenoxy) is 2. The molecule has 0 radical (unpaired) electrons. The Morgan fingerprint density at radius 2 is 2.58 bits per heavy atom. The molecule has 0 fully saturated rings. The van der Waals surface area contributed by atoms with Gasteiger partial charge in [-0.1, -0.05) is 0 Å². The first-order valence-electron chi connectivity index (χ1n) is 3.51. The number of nitrogens with one attached hydrogen (secondary N) is 1. The van der Waals surface area contributed by atoms with Crippen molar-refractivity contribution in [3.63, 3.8) is 0 Å². The van der Waals surface area contributed by atoms with Crippen molar-refractivity contribution in [3.8, 4) is 12.3 Å². The Kier molecular flexibility index (Phi) is 3.03. The van der Waals surface area contributed by atoms with Gasteiger partial charge in [-0.05, 0) is 5.92 Å². The first-order valence-corrected chi connectivity index (χ1v) is 3.51. The van der Waals surface area contributed by atoms with E-state index in [0.717, 1.165) is 0 Å². The molecule has 1 aliphatic rings. The van der Waals surface area contributed by atoms with Gasteiger partial charge in [0.2, 0.25) is 0 Å². The summed E-state index contributed by atoms with van der Waals surface area (Å²) in [4.78, 5) is 10.6. The van der Waals surface area contributed by atoms with E-state index in [0.29, 0.717) is 19.0 Å². The smallest absolute Gasteiger partial charge is 0.296 e. The minimum Gasteiger partial charge on any atom is -0.494 e. The molecule has 0 saturated heterocycles. The molecule has 1 amide bonds. The van der Waals surface area contributed by atoms with Crippen LogP contribution in [0.1, 0.15) is 0 Å². The van der Waals surface area contributed by atoms with Crippen LogP contribution in [0.4, 0.5) is 0 Å². The van der Waals surface area contributed by atoms with Crippen molar-refractivity contribution < 1.29 is 14.3 Å². The maximum atomic E-state index is 10.6. The molecular weight excluding hydrogens is 158 g/mol. The molecule has 64 valence electrons. The number of hydrogen-bond donors (Lipinski definition) is 1. The third-order valence-corrected chi connectivity index (χ3v) is 1.26. The van der Waals surface area contributed by atoms with Crippen LogP contribution in [-0.2, 0) is 14.3 Å². The second kappa shape index (κ2) is 4.29. The van der Waals surface area contributed by atoms with E-state index >= 15 is 0 Å². The largest absolute Gasteiger partial charge is 0.494 e. The van der Waals surface area contributed by atoms with E-state index in [2.05, 4.69) is 5.32 Å². The SMILES string of the molecule is C#CC(=O)NCC1=COCCO1. The fourth-order valence-corrected chi connectivity index (χ4v) is 0.718. The van der Waals surface area contributed by atoms with Crippen molar-refractivity contribution in [3.05, 3.63) is 12.0 Å². The Bertz CT molecular complexity index is 239. The van der Waals surface area contributed by atoms with Gasteiger partial charge in [0.25, 0.3) is 5.91 Å². The van der Waals surface area contributed by atoms with E-state index in [-0.39, 0.29) is 6.54 Å². The van der Waals surface area contributed by atoms with Crippen LogP contribution < -0.4 is 5.32 Å². The molecule has 4 nitrogen and oxygen atoms in total. The fraction of sp³-hybridized carbons (Fsp3) is 0.375. The topological polar surface area (TPSA) is 47.6 Å². The number of rotatable bonds is 2. The molecule has 0 atom stereocenters. The molecule has 0 unspecified atom stereocenters. The summed E-state index contributed by atoms with van der Waals surface area (Å²) in [5.41, 5.74) is 0. The molecule has 0 aromatic carbocycles. The van der Waals surface area contributed by atoms with Crippen LogP contribution in [0.5, 0.6) is 0 Å². The lowest BCUT2D eigenvalue weighted by atomic mass is 10.5. The van der Waals surface area contributed by atoms with E-state index < -0.39 is 5.91 Å². The molecule has 0 saturated carbocycles. The van der Waals surface area contributed by atoms with Crippen molar-refractivity contribution in [1.82, 2.24) is 5.32 Å². The summed E-state index contributed by atoms with van der Waals surface area (Å²) in [6.45, 7) is 1.34. The Balaban J connectivity index is 2.27. The Morgan fingerprint density at radius 3 is 3.17 bits per heavy atom. The highest BCUT2D eigenvalue weighted by Gasteiger charge is 2.05. The van der Waals surface area contributed by atoms with Crippen LogP contribution in [0.2, 0.25) is 0 Å². The minimum absolute atomic E-state index is 0.281. The van der Waals surface area contributed by atoms with Crippen molar-refractivity contribution in [1.29, 1.82) is 0 Å². The standard InChI is InChI=1S/C8H9NO3/c1-2-8(10)9-5-7-6-11-3-4-12-7/h1,6H,3-5H2,(H,9,10). The molecule has 0 aromatic rings. The van der Waals surface area contributed by atoms with Gasteiger partial charge in [-0.3, -0.25) is 4.79 Å². The molecule has 1 N–H and O–H groups in total. The number of hydrogen-bond acceptors (Lipinski definition) is 3. The van der Waals surface area contributed by atoms with E-state index in [1.807, 2.05) is 5.92 Å². The summed E-state index contributed by atoms with van der Waals surface area (Å²) in [7, 11) is 0. The first-order chi connectivity index (χ1) is 5.83. The summed E-state index contributed by atoms with van der Waals surface area (Å²) < 4.78 is 10.1. The lowest BCUT2D eigenvalue weighted by Crippen LogP contribution is -2.26. The molecule has 4 heteroatoms. The van der Waals surface area contributed by atoms with Gasteiger partial charge in [-0.25, -0.2) is 0 Å². The molecule has 1 aliphatic heterocycles. The van der Waals surface area contributed by atoms with Crippen LogP contribution in [0, 0.1) is 12.3 Å². The van der Waals surface area contributed by atoms with Crippen LogP contribution in [0.3, 0.4) is 0 Å². The second-order valence-corrected chi connectivity index (χ2v) is 2.13. The van der Waals surface area contributed by atoms with Crippen LogP contribution in [-0.4, -0.2) is 25.7 Å². The summed E-state index contributed by atoms with van der Waals surface area (Å²) in [6, 6.07) is 0. The summed E-state index contributed by atoms with van der Waals surface area (Å²) in [6.07, 6.45) is 6.31. The highest BCUT2D eigenvalue weighted by atomic mass is 16.6. The van der Waals surface area contributed by atoms with Crippen molar-refractivity contribution in [2.45, 2.75) is 0 Å². The molecule has 1 heterocycles. The van der Waals surface area contributed by atoms with Crippen LogP contribution in [0.15, 0.2) is 12.0 Å². The first kappa shape index (κ1) is 8.47. The van der Waals surface area contributed by atoms with Gasteiger partial charge in [0.1, 0.15) is 25.2 Å². The minimum atomic E-state index is -0.454. The molecule has 0 bridgehead atoms. The Labute approximate surface area is 70.5 Å². The van der Waals surface area contributed by atoms with Crippen molar-refractivity contribution in [2.75, 3.05) is 19.8 Å². The highest BCUT2D eigenvalue weighted by Crippen LogP contribution is 2.01. The quantitative estimate of drug-likeness (QED) is 0.570. The van der Waals surface area contributed by atoms with Crippen molar-refractivity contribution >= 4 is 5.91 Å². The summed E-state index contributed by atoms with van der Waals surface area (Å²) in [5, 5.41) is 2.45. The van der Waals surface area contributed by atoms with E-state index in [4.69, 9.17) is 15.9 Å². The zero-order valence-corrected chi connectivity index (χ0v) is 6.50. The lowest BCUT2D eigenvalue weighted by molar-refractivity contribution is -0.115. The fourth-order valence-electron chi connectivity index (χ4n) is 0.718. The second-order valence-electron chi connectivity index (χ2n) is 2.13. The molecule has 0 spiro atoms. The maximum Gasteiger partial charge on any atom is 0.296 e. The lowest BCUT2D eigenvalue weighted by Gasteiger charge is -2.14. The summed E-state index contributed by atoms with van der Waals surface area (Å²) in [5.74, 6) is 2.07. The zero-order valence-electron chi connectivity index (χ0n) is 6.50. The van der Waals surface area contributed by atoms with Gasteiger partial charge in [0.05, 0.1) is 6.54 Å². The number of terminal acetylenes is 1. The number of carbonyl (C=O) groups excluding carboxylic acids is 1.